The third-order valence-electron chi connectivity index (χ3n) is 6.12. The normalized spacial score (nSPS) is 16.6. The number of nitro groups is 1. The Morgan fingerprint density at radius 2 is 1.47 bits per heavy atom. The van der Waals surface area contributed by atoms with Crippen molar-refractivity contribution in [3.63, 3.8) is 0 Å². The van der Waals surface area contributed by atoms with E-state index in [4.69, 9.17) is 0 Å². The number of hydrogen-bond donors (Lipinski definition) is 1. The summed E-state index contributed by atoms with van der Waals surface area (Å²) in [5.74, 6) is 0. The van der Waals surface area contributed by atoms with E-state index >= 15 is 0 Å². The highest BCUT2D eigenvalue weighted by Crippen LogP contribution is 2.41. The molecule has 3 aromatic rings. The van der Waals surface area contributed by atoms with E-state index in [9.17, 15) is 10.1 Å². The second kappa shape index (κ2) is 7.72. The van der Waals surface area contributed by atoms with E-state index < -0.39 is 0 Å². The third kappa shape index (κ3) is 3.25. The van der Waals surface area contributed by atoms with E-state index in [0.717, 1.165) is 26.2 Å². The van der Waals surface area contributed by atoms with Crippen LogP contribution in [0.15, 0.2) is 77.9 Å². The SMILES string of the molecule is O=[N+]([O-])c1ccccc1/C=N/N1CC[NH+](C2c3ccccc3-c3ccccc32)CC1. The Morgan fingerprint density at radius 1 is 0.900 bits per heavy atom. The lowest BCUT2D eigenvalue weighted by Crippen LogP contribution is -3.14. The van der Waals surface area contributed by atoms with Crippen LogP contribution in [0.4, 0.5) is 5.69 Å². The van der Waals surface area contributed by atoms with E-state index in [-0.39, 0.29) is 10.6 Å². The molecule has 1 aliphatic heterocycles. The van der Waals surface area contributed by atoms with Crippen LogP contribution in [-0.2, 0) is 0 Å². The number of nitro benzene ring substituents is 1. The highest BCUT2D eigenvalue weighted by atomic mass is 16.6. The fourth-order valence-corrected chi connectivity index (χ4v) is 4.69. The van der Waals surface area contributed by atoms with Crippen LogP contribution in [0.2, 0.25) is 0 Å². The lowest BCUT2D eigenvalue weighted by Gasteiger charge is -2.34. The molecule has 3 aromatic carbocycles. The molecule has 5 rings (SSSR count). The maximum atomic E-state index is 11.2. The molecule has 30 heavy (non-hydrogen) atoms. The van der Waals surface area contributed by atoms with Gasteiger partial charge in [0.1, 0.15) is 6.04 Å². The van der Waals surface area contributed by atoms with Crippen molar-refractivity contribution in [2.24, 2.45) is 5.10 Å². The molecule has 1 fully saturated rings. The predicted molar refractivity (Wildman–Crippen MR) is 117 cm³/mol. The number of rotatable bonds is 4. The van der Waals surface area contributed by atoms with E-state index in [2.05, 4.69) is 53.6 Å². The van der Waals surface area contributed by atoms with Gasteiger partial charge in [0, 0.05) is 17.2 Å². The van der Waals surface area contributed by atoms with Gasteiger partial charge in [-0.25, -0.2) is 0 Å². The average molecular weight is 399 g/mol. The van der Waals surface area contributed by atoms with Crippen molar-refractivity contribution in [2.75, 3.05) is 26.2 Å². The monoisotopic (exact) mass is 399 g/mol. The molecule has 6 heteroatoms. The highest BCUT2D eigenvalue weighted by molar-refractivity contribution is 5.85. The summed E-state index contributed by atoms with van der Waals surface area (Å²) in [6.45, 7) is 3.60. The molecule has 0 bridgehead atoms. The first-order valence-electron chi connectivity index (χ1n) is 10.3. The summed E-state index contributed by atoms with van der Waals surface area (Å²) in [7, 11) is 0. The molecule has 1 saturated heterocycles. The number of piperazine rings is 1. The number of nitrogens with one attached hydrogen (secondary N) is 1. The van der Waals surface area contributed by atoms with Gasteiger partial charge in [0.15, 0.2) is 0 Å². The summed E-state index contributed by atoms with van der Waals surface area (Å²) in [4.78, 5) is 12.4. The van der Waals surface area contributed by atoms with Crippen molar-refractivity contribution in [3.8, 4) is 11.1 Å². The second-order valence-corrected chi connectivity index (χ2v) is 7.78. The Labute approximate surface area is 175 Å². The van der Waals surface area contributed by atoms with Crippen LogP contribution >= 0.6 is 0 Å². The van der Waals surface area contributed by atoms with E-state index in [1.165, 1.54) is 28.3 Å². The summed E-state index contributed by atoms with van der Waals surface area (Å²) >= 11 is 0. The summed E-state index contributed by atoms with van der Waals surface area (Å²) in [5, 5.41) is 17.7. The minimum atomic E-state index is -0.363. The highest BCUT2D eigenvalue weighted by Gasteiger charge is 2.37. The van der Waals surface area contributed by atoms with Gasteiger partial charge in [-0.1, -0.05) is 60.7 Å². The Balaban J connectivity index is 1.32. The predicted octanol–water partition coefficient (Wildman–Crippen LogP) is 2.90. The largest absolute Gasteiger partial charge is 0.322 e. The first-order chi connectivity index (χ1) is 14.7. The molecule has 1 N–H and O–H groups in total. The standard InChI is InChI=1S/C24H22N4O2/c29-28(30)23-12-6-1-7-18(23)17-25-27-15-13-26(14-16-27)24-21-10-4-2-8-19(21)20-9-3-5-11-22(20)24/h1-12,17,24H,13-16H2/p+1/b25-17+. The molecule has 1 heterocycles. The zero-order valence-electron chi connectivity index (χ0n) is 16.6. The van der Waals surface area contributed by atoms with E-state index in [1.54, 1.807) is 29.3 Å². The molecule has 0 spiro atoms. The number of benzene rings is 3. The van der Waals surface area contributed by atoms with Crippen LogP contribution < -0.4 is 4.90 Å². The van der Waals surface area contributed by atoms with Crippen molar-refractivity contribution in [3.05, 3.63) is 99.6 Å². The first kappa shape index (κ1) is 18.5. The molecule has 0 atom stereocenters. The van der Waals surface area contributed by atoms with Gasteiger partial charge in [0.05, 0.1) is 42.9 Å². The summed E-state index contributed by atoms with van der Waals surface area (Å²) in [5.41, 5.74) is 6.14. The molecule has 2 aliphatic rings. The number of para-hydroxylation sites is 1. The maximum absolute atomic E-state index is 11.2. The zero-order chi connectivity index (χ0) is 20.5. The summed E-state index contributed by atoms with van der Waals surface area (Å²) < 4.78 is 0. The van der Waals surface area contributed by atoms with Crippen molar-refractivity contribution < 1.29 is 9.82 Å². The Hall–Kier alpha value is -3.51. The van der Waals surface area contributed by atoms with Gasteiger partial charge < -0.3 is 4.90 Å². The van der Waals surface area contributed by atoms with Gasteiger partial charge in [-0.2, -0.15) is 5.10 Å². The molecule has 1 aliphatic carbocycles. The number of hydrogen-bond acceptors (Lipinski definition) is 4. The Kier molecular flexibility index (Phi) is 4.77. The second-order valence-electron chi connectivity index (χ2n) is 7.78. The minimum Gasteiger partial charge on any atom is -0.322 e. The lowest BCUT2D eigenvalue weighted by atomic mass is 10.0. The number of fused-ring (bicyclic) bond motifs is 3. The molecule has 150 valence electrons. The zero-order valence-corrected chi connectivity index (χ0v) is 16.6. The van der Waals surface area contributed by atoms with Crippen LogP contribution in [0, 0.1) is 10.1 Å². The number of hydrazone groups is 1. The van der Waals surface area contributed by atoms with Crippen LogP contribution in [-0.4, -0.2) is 42.3 Å². The van der Waals surface area contributed by atoms with E-state index in [0.29, 0.717) is 11.6 Å². The smallest absolute Gasteiger partial charge is 0.278 e. The number of quaternary nitrogens is 1. The molecule has 0 unspecified atom stereocenters. The van der Waals surface area contributed by atoms with Gasteiger partial charge in [-0.05, 0) is 17.2 Å². The maximum Gasteiger partial charge on any atom is 0.278 e. The first-order valence-corrected chi connectivity index (χ1v) is 10.3. The average Bonchev–Trinajstić information content (AvgIpc) is 3.13. The minimum absolute atomic E-state index is 0.0877. The molecule has 0 amide bonds. The molecule has 0 radical (unpaired) electrons. The van der Waals surface area contributed by atoms with Gasteiger partial charge >= 0.3 is 0 Å². The van der Waals surface area contributed by atoms with Crippen molar-refractivity contribution >= 4 is 11.9 Å². The van der Waals surface area contributed by atoms with Crippen molar-refractivity contribution in [2.45, 2.75) is 6.04 Å². The Bertz CT molecular complexity index is 1070. The van der Waals surface area contributed by atoms with Gasteiger partial charge in [0.25, 0.3) is 5.69 Å². The summed E-state index contributed by atoms with van der Waals surface area (Å²) in [6.07, 6.45) is 1.61. The van der Waals surface area contributed by atoms with Crippen LogP contribution in [0.1, 0.15) is 22.7 Å². The molecule has 0 saturated carbocycles. The fourth-order valence-electron chi connectivity index (χ4n) is 4.69. The molecule has 6 nitrogen and oxygen atoms in total. The van der Waals surface area contributed by atoms with Crippen LogP contribution in [0.25, 0.3) is 11.1 Å². The summed E-state index contributed by atoms with van der Waals surface area (Å²) in [6, 6.07) is 24.5. The molecular formula is C24H23N4O2+. The molecule has 0 aromatic heterocycles. The lowest BCUT2D eigenvalue weighted by molar-refractivity contribution is -0.929. The number of nitrogens with zero attached hydrogens (tertiary/aromatic N) is 3. The van der Waals surface area contributed by atoms with Gasteiger partial charge in [-0.15, -0.1) is 0 Å². The van der Waals surface area contributed by atoms with Gasteiger partial charge in [-0.3, -0.25) is 15.1 Å². The molecular weight excluding hydrogens is 376 g/mol. The van der Waals surface area contributed by atoms with Crippen LogP contribution in [0.5, 0.6) is 0 Å². The van der Waals surface area contributed by atoms with Gasteiger partial charge in [0.2, 0.25) is 0 Å². The van der Waals surface area contributed by atoms with E-state index in [1.807, 2.05) is 5.01 Å². The fraction of sp³-hybridized carbons (Fsp3) is 0.208. The van der Waals surface area contributed by atoms with Crippen molar-refractivity contribution in [1.82, 2.24) is 5.01 Å². The van der Waals surface area contributed by atoms with Crippen molar-refractivity contribution in [1.29, 1.82) is 0 Å². The Morgan fingerprint density at radius 3 is 2.10 bits per heavy atom. The topological polar surface area (TPSA) is 63.2 Å². The quantitative estimate of drug-likeness (QED) is 0.417. The van der Waals surface area contributed by atoms with Crippen LogP contribution in [0.3, 0.4) is 0 Å². The third-order valence-corrected chi connectivity index (χ3v) is 6.12.